The van der Waals surface area contributed by atoms with Crippen LogP contribution >= 0.6 is 0 Å². The maximum absolute atomic E-state index is 13.1. The molecule has 1 saturated heterocycles. The van der Waals surface area contributed by atoms with E-state index in [1.807, 2.05) is 6.07 Å². The van der Waals surface area contributed by atoms with Crippen LogP contribution in [0.1, 0.15) is 52.0 Å². The van der Waals surface area contributed by atoms with Gasteiger partial charge in [0.25, 0.3) is 11.8 Å². The summed E-state index contributed by atoms with van der Waals surface area (Å²) < 4.78 is 1.25. The summed E-state index contributed by atoms with van der Waals surface area (Å²) in [7, 11) is 0. The lowest BCUT2D eigenvalue weighted by Crippen LogP contribution is -2.54. The number of piperidine rings is 1. The summed E-state index contributed by atoms with van der Waals surface area (Å²) in [5.74, 6) is -2.37. The largest absolute Gasteiger partial charge is 0.384 e. The zero-order valence-corrected chi connectivity index (χ0v) is 19.2. The number of rotatable bonds is 9. The van der Waals surface area contributed by atoms with Crippen LogP contribution in [0.5, 0.6) is 0 Å². The van der Waals surface area contributed by atoms with Crippen LogP contribution in [0.25, 0.3) is 0 Å². The second-order valence-corrected chi connectivity index (χ2v) is 8.37. The van der Waals surface area contributed by atoms with Gasteiger partial charge < -0.3 is 16.4 Å². The Labute approximate surface area is 205 Å². The summed E-state index contributed by atoms with van der Waals surface area (Å²) in [5, 5.41) is 20.9. The average Bonchev–Trinajstić information content (AvgIpc) is 3.33. The van der Waals surface area contributed by atoms with E-state index in [1.54, 1.807) is 12.1 Å². The number of nitrogens with two attached hydrogens (primary N) is 1. The van der Waals surface area contributed by atoms with Crippen LogP contribution in [-0.2, 0) is 20.9 Å². The van der Waals surface area contributed by atoms with Gasteiger partial charge in [-0.25, -0.2) is 4.68 Å². The molecule has 0 spiro atoms. The molecule has 36 heavy (non-hydrogen) atoms. The van der Waals surface area contributed by atoms with Gasteiger partial charge in [0.05, 0.1) is 17.3 Å². The first-order chi connectivity index (χ1) is 17.3. The molecule has 186 valence electrons. The van der Waals surface area contributed by atoms with Crippen LogP contribution in [0.15, 0.2) is 24.4 Å². The number of unbranched alkanes of at least 4 members (excludes halogenated alkanes) is 1. The summed E-state index contributed by atoms with van der Waals surface area (Å²) in [5.41, 5.74) is 6.84. The molecule has 0 bridgehead atoms. The molecule has 13 nitrogen and oxygen atoms in total. The van der Waals surface area contributed by atoms with E-state index in [0.717, 1.165) is 4.90 Å². The molecule has 0 aliphatic carbocycles. The number of imide groups is 2. The molecule has 4 rings (SSSR count). The van der Waals surface area contributed by atoms with Gasteiger partial charge in [0.2, 0.25) is 17.7 Å². The van der Waals surface area contributed by atoms with Gasteiger partial charge in [-0.2, -0.15) is 10.4 Å². The van der Waals surface area contributed by atoms with E-state index in [4.69, 9.17) is 11.0 Å². The van der Waals surface area contributed by atoms with Gasteiger partial charge in [-0.05, 0) is 31.4 Å². The molecule has 5 amide bonds. The second kappa shape index (κ2) is 10.3. The van der Waals surface area contributed by atoms with E-state index in [9.17, 15) is 24.0 Å². The predicted octanol–water partition coefficient (Wildman–Crippen LogP) is -0.253. The number of aromatic nitrogens is 2. The van der Waals surface area contributed by atoms with Crippen LogP contribution in [0.2, 0.25) is 0 Å². The molecular formula is C23H24N8O5. The van der Waals surface area contributed by atoms with Crippen molar-refractivity contribution in [3.05, 3.63) is 41.1 Å². The first-order valence-electron chi connectivity index (χ1n) is 11.4. The molecule has 1 unspecified atom stereocenters. The molecule has 2 aromatic rings. The lowest BCUT2D eigenvalue weighted by atomic mass is 10.0. The minimum absolute atomic E-state index is 0.0572. The number of anilines is 2. The number of carbonyl (C=O) groups excluding carboxylic acids is 5. The summed E-state index contributed by atoms with van der Waals surface area (Å²) in [6.45, 7) is 0.784. The van der Waals surface area contributed by atoms with E-state index in [2.05, 4.69) is 21.0 Å². The Kier molecular flexibility index (Phi) is 6.95. The smallest absolute Gasteiger partial charge is 0.264 e. The Morgan fingerprint density at radius 1 is 1.19 bits per heavy atom. The van der Waals surface area contributed by atoms with Gasteiger partial charge in [-0.15, -0.1) is 0 Å². The molecule has 3 heterocycles. The molecule has 1 fully saturated rings. The maximum Gasteiger partial charge on any atom is 0.264 e. The lowest BCUT2D eigenvalue weighted by Gasteiger charge is -2.27. The first kappa shape index (κ1) is 24.4. The minimum atomic E-state index is -1.02. The van der Waals surface area contributed by atoms with Gasteiger partial charge in [-0.3, -0.25) is 34.2 Å². The maximum atomic E-state index is 13.1. The zero-order chi connectivity index (χ0) is 25.8. The lowest BCUT2D eigenvalue weighted by molar-refractivity contribution is -0.136. The fourth-order valence-electron chi connectivity index (χ4n) is 4.16. The van der Waals surface area contributed by atoms with Crippen molar-refractivity contribution in [3.8, 4) is 6.07 Å². The van der Waals surface area contributed by atoms with Crippen molar-refractivity contribution in [3.63, 3.8) is 0 Å². The Morgan fingerprint density at radius 2 is 1.97 bits per heavy atom. The molecule has 1 aromatic carbocycles. The summed E-state index contributed by atoms with van der Waals surface area (Å²) >= 11 is 0. The summed E-state index contributed by atoms with van der Waals surface area (Å²) in [4.78, 5) is 62.6. The number of carbonyl (C=O) groups is 5. The number of benzene rings is 1. The van der Waals surface area contributed by atoms with Crippen molar-refractivity contribution in [2.75, 3.05) is 24.1 Å². The van der Waals surface area contributed by atoms with E-state index in [-0.39, 0.29) is 47.8 Å². The van der Waals surface area contributed by atoms with E-state index in [1.165, 1.54) is 16.9 Å². The third-order valence-corrected chi connectivity index (χ3v) is 6.00. The van der Waals surface area contributed by atoms with Crippen molar-refractivity contribution in [2.24, 2.45) is 0 Å². The first-order valence-corrected chi connectivity index (χ1v) is 11.4. The van der Waals surface area contributed by atoms with Crippen molar-refractivity contribution in [2.45, 2.75) is 38.3 Å². The molecule has 1 aromatic heterocycles. The highest BCUT2D eigenvalue weighted by Crippen LogP contribution is 2.32. The molecule has 2 aliphatic rings. The number of hydrogen-bond donors (Lipinski definition) is 4. The highest BCUT2D eigenvalue weighted by molar-refractivity contribution is 6.25. The number of nitrogens with one attached hydrogen (secondary N) is 3. The third kappa shape index (κ3) is 4.74. The highest BCUT2D eigenvalue weighted by atomic mass is 16.2. The topological polar surface area (TPSA) is 192 Å². The van der Waals surface area contributed by atoms with Crippen molar-refractivity contribution in [1.82, 2.24) is 25.3 Å². The Hall–Kier alpha value is -4.73. The second-order valence-electron chi connectivity index (χ2n) is 8.37. The van der Waals surface area contributed by atoms with E-state index >= 15 is 0 Å². The van der Waals surface area contributed by atoms with Crippen LogP contribution in [0.4, 0.5) is 11.5 Å². The van der Waals surface area contributed by atoms with Gasteiger partial charge in [-0.1, -0.05) is 6.07 Å². The number of fused-ring (bicyclic) bond motifs is 1. The predicted molar refractivity (Wildman–Crippen MR) is 125 cm³/mol. The fourth-order valence-corrected chi connectivity index (χ4v) is 4.16. The molecule has 2 aliphatic heterocycles. The highest BCUT2D eigenvalue weighted by Gasteiger charge is 2.45. The van der Waals surface area contributed by atoms with Gasteiger partial charge in [0.1, 0.15) is 30.0 Å². The summed E-state index contributed by atoms with van der Waals surface area (Å²) in [6.07, 6.45) is 2.75. The average molecular weight is 492 g/mol. The number of nitriles is 1. The number of amides is 5. The van der Waals surface area contributed by atoms with Crippen LogP contribution in [-0.4, -0.2) is 63.3 Å². The molecular weight excluding hydrogens is 468 g/mol. The number of hydrogen-bond acceptors (Lipinski definition) is 9. The number of nitrogen functional groups attached to an aromatic ring is 1. The van der Waals surface area contributed by atoms with Crippen LogP contribution in [0.3, 0.4) is 0 Å². The Balaban J connectivity index is 1.27. The Bertz CT molecular complexity index is 1290. The quantitative estimate of drug-likeness (QED) is 0.270. The third-order valence-electron chi connectivity index (χ3n) is 6.00. The van der Waals surface area contributed by atoms with E-state index in [0.29, 0.717) is 31.6 Å². The fraction of sp³-hybridized carbons (Fsp3) is 0.348. The zero-order valence-electron chi connectivity index (χ0n) is 19.2. The number of nitrogens with zero attached hydrogens (tertiary/aromatic N) is 4. The molecule has 0 saturated carbocycles. The minimum Gasteiger partial charge on any atom is -0.384 e. The van der Waals surface area contributed by atoms with Gasteiger partial charge in [0, 0.05) is 25.2 Å². The van der Waals surface area contributed by atoms with Crippen molar-refractivity contribution in [1.29, 1.82) is 5.26 Å². The molecule has 1 atom stereocenters. The van der Waals surface area contributed by atoms with E-state index < -0.39 is 29.7 Å². The van der Waals surface area contributed by atoms with Gasteiger partial charge >= 0.3 is 0 Å². The molecule has 13 heteroatoms. The van der Waals surface area contributed by atoms with Crippen LogP contribution < -0.4 is 21.7 Å². The van der Waals surface area contributed by atoms with Gasteiger partial charge in [0.15, 0.2) is 0 Å². The van der Waals surface area contributed by atoms with Crippen LogP contribution in [0, 0.1) is 11.3 Å². The van der Waals surface area contributed by atoms with Crippen molar-refractivity contribution < 1.29 is 24.0 Å². The molecule has 0 radical (unpaired) electrons. The normalized spacial score (nSPS) is 17.0. The Morgan fingerprint density at radius 3 is 2.69 bits per heavy atom. The SMILES string of the molecule is N#Cc1cnn(CC(=O)NCCCCNc2cccc3c2C(=O)N(C2CCC(=O)NC2=O)C3=O)c1N. The standard InChI is InChI=1S/C23H24N8O5/c24-10-13-11-28-30(20(13)25)12-18(33)27-9-2-1-8-26-15-5-3-4-14-19(15)23(36)31(22(14)35)16-6-7-17(32)29-21(16)34/h3-5,11,16,26H,1-2,6-9,12,25H2,(H,27,33)(H,29,32,34). The molecule has 5 N–H and O–H groups in total. The van der Waals surface area contributed by atoms with Crippen molar-refractivity contribution >= 4 is 41.0 Å². The monoisotopic (exact) mass is 492 g/mol. The summed E-state index contributed by atoms with van der Waals surface area (Å²) in [6, 6.07) is 5.75.